The summed E-state index contributed by atoms with van der Waals surface area (Å²) in [5.74, 6) is 0.789. The Morgan fingerprint density at radius 2 is 2.26 bits per heavy atom. The minimum Gasteiger partial charge on any atom is -0.396 e. The largest absolute Gasteiger partial charge is 0.396 e. The van der Waals surface area contributed by atoms with Gasteiger partial charge in [-0.3, -0.25) is 4.79 Å². The van der Waals surface area contributed by atoms with Crippen LogP contribution in [0.3, 0.4) is 0 Å². The lowest BCUT2D eigenvalue weighted by Gasteiger charge is -2.26. The summed E-state index contributed by atoms with van der Waals surface area (Å²) in [6.45, 7) is 5.10. The van der Waals surface area contributed by atoms with Crippen molar-refractivity contribution in [3.05, 3.63) is 17.8 Å². The molecule has 0 atom stereocenters. The number of nitrogens with one attached hydrogen (secondary N) is 1. The maximum atomic E-state index is 11.9. The van der Waals surface area contributed by atoms with Crippen molar-refractivity contribution in [2.75, 3.05) is 43.9 Å². The first-order chi connectivity index (χ1) is 9.18. The molecule has 0 aliphatic carbocycles. The fourth-order valence-corrected chi connectivity index (χ4v) is 1.97. The number of pyridine rings is 1. The van der Waals surface area contributed by atoms with Crippen LogP contribution >= 0.6 is 0 Å². The van der Waals surface area contributed by atoms with Gasteiger partial charge in [-0.15, -0.1) is 0 Å². The summed E-state index contributed by atoms with van der Waals surface area (Å²) in [5.41, 5.74) is 7.53. The van der Waals surface area contributed by atoms with E-state index >= 15 is 0 Å². The number of aromatic nitrogens is 1. The van der Waals surface area contributed by atoms with Crippen LogP contribution < -0.4 is 11.1 Å². The van der Waals surface area contributed by atoms with Crippen molar-refractivity contribution in [3.63, 3.8) is 0 Å². The third-order valence-electron chi connectivity index (χ3n) is 3.20. The number of carbonyl (C=O) groups excluding carboxylic acids is 1. The maximum absolute atomic E-state index is 11.9. The molecule has 1 fully saturated rings. The molecule has 0 bridgehead atoms. The van der Waals surface area contributed by atoms with Gasteiger partial charge in [-0.1, -0.05) is 0 Å². The molecule has 1 aliphatic rings. The van der Waals surface area contributed by atoms with Crippen LogP contribution in [0.4, 0.5) is 11.5 Å². The Morgan fingerprint density at radius 3 is 3.00 bits per heavy atom. The lowest BCUT2D eigenvalue weighted by molar-refractivity contribution is -0.134. The highest BCUT2D eigenvalue weighted by atomic mass is 16.5. The van der Waals surface area contributed by atoms with Crippen LogP contribution in [0.25, 0.3) is 0 Å². The highest BCUT2D eigenvalue weighted by molar-refractivity contribution is 5.77. The maximum Gasteiger partial charge on any atom is 0.224 e. The number of hydrogen-bond donors (Lipinski definition) is 2. The molecule has 0 radical (unpaired) electrons. The molecule has 1 amide bonds. The second-order valence-electron chi connectivity index (χ2n) is 4.56. The SMILES string of the molecule is Cc1ccnc(NCCC(=O)N2CCOCC2)c1N. The Kier molecular flexibility index (Phi) is 4.57. The summed E-state index contributed by atoms with van der Waals surface area (Å²) < 4.78 is 5.22. The molecule has 6 heteroatoms. The van der Waals surface area contributed by atoms with Crippen LogP contribution in [0.1, 0.15) is 12.0 Å². The van der Waals surface area contributed by atoms with E-state index in [1.165, 1.54) is 0 Å². The molecule has 0 spiro atoms. The molecule has 0 aromatic carbocycles. The first-order valence-corrected chi connectivity index (χ1v) is 6.49. The average molecular weight is 264 g/mol. The predicted octanol–water partition coefficient (Wildman–Crippen LogP) is 0.633. The summed E-state index contributed by atoms with van der Waals surface area (Å²) >= 11 is 0. The molecular formula is C13H20N4O2. The van der Waals surface area contributed by atoms with Crippen molar-refractivity contribution >= 4 is 17.4 Å². The minimum atomic E-state index is 0.141. The topological polar surface area (TPSA) is 80.5 Å². The minimum absolute atomic E-state index is 0.141. The molecule has 0 unspecified atom stereocenters. The zero-order chi connectivity index (χ0) is 13.7. The van der Waals surface area contributed by atoms with E-state index in [0.29, 0.717) is 50.8 Å². The smallest absolute Gasteiger partial charge is 0.224 e. The summed E-state index contributed by atoms with van der Waals surface area (Å²) in [4.78, 5) is 17.9. The van der Waals surface area contributed by atoms with E-state index in [2.05, 4.69) is 10.3 Å². The van der Waals surface area contributed by atoms with Gasteiger partial charge in [0, 0.05) is 32.3 Å². The number of carbonyl (C=O) groups is 1. The van der Waals surface area contributed by atoms with Crippen LogP contribution in [-0.4, -0.2) is 48.6 Å². The molecule has 6 nitrogen and oxygen atoms in total. The normalized spacial score (nSPS) is 15.3. The number of nitrogens with two attached hydrogens (primary N) is 1. The first-order valence-electron chi connectivity index (χ1n) is 6.49. The van der Waals surface area contributed by atoms with E-state index in [1.54, 1.807) is 6.20 Å². The van der Waals surface area contributed by atoms with E-state index < -0.39 is 0 Å². The summed E-state index contributed by atoms with van der Waals surface area (Å²) in [7, 11) is 0. The van der Waals surface area contributed by atoms with Crippen molar-refractivity contribution in [1.29, 1.82) is 0 Å². The van der Waals surface area contributed by atoms with E-state index in [1.807, 2.05) is 17.9 Å². The van der Waals surface area contributed by atoms with Crippen LogP contribution in [0.2, 0.25) is 0 Å². The Balaban J connectivity index is 1.79. The number of anilines is 2. The molecule has 2 heterocycles. The lowest BCUT2D eigenvalue weighted by atomic mass is 10.2. The second-order valence-corrected chi connectivity index (χ2v) is 4.56. The van der Waals surface area contributed by atoms with E-state index in [-0.39, 0.29) is 5.91 Å². The molecule has 1 aromatic heterocycles. The fourth-order valence-electron chi connectivity index (χ4n) is 1.97. The van der Waals surface area contributed by atoms with Gasteiger partial charge in [0.25, 0.3) is 0 Å². The molecule has 2 rings (SSSR count). The van der Waals surface area contributed by atoms with Gasteiger partial charge in [-0.2, -0.15) is 0 Å². The first kappa shape index (κ1) is 13.6. The van der Waals surface area contributed by atoms with E-state index in [0.717, 1.165) is 5.56 Å². The van der Waals surface area contributed by atoms with Crippen molar-refractivity contribution in [1.82, 2.24) is 9.88 Å². The van der Waals surface area contributed by atoms with Crippen molar-refractivity contribution in [2.45, 2.75) is 13.3 Å². The molecular weight excluding hydrogens is 244 g/mol. The summed E-state index contributed by atoms with van der Waals surface area (Å²) in [6.07, 6.45) is 2.15. The molecule has 0 saturated carbocycles. The highest BCUT2D eigenvalue weighted by Crippen LogP contribution is 2.18. The summed E-state index contributed by atoms with van der Waals surface area (Å²) in [6, 6.07) is 1.86. The number of morpholine rings is 1. The highest BCUT2D eigenvalue weighted by Gasteiger charge is 2.16. The fraction of sp³-hybridized carbons (Fsp3) is 0.538. The van der Waals surface area contributed by atoms with Gasteiger partial charge in [0.1, 0.15) is 5.82 Å². The van der Waals surface area contributed by atoms with Crippen molar-refractivity contribution in [2.24, 2.45) is 0 Å². The number of hydrogen-bond acceptors (Lipinski definition) is 5. The van der Waals surface area contributed by atoms with Gasteiger partial charge < -0.3 is 20.7 Å². The van der Waals surface area contributed by atoms with Crippen LogP contribution in [0, 0.1) is 6.92 Å². The van der Waals surface area contributed by atoms with Crippen molar-refractivity contribution in [3.8, 4) is 0 Å². The van der Waals surface area contributed by atoms with Crippen LogP contribution in [-0.2, 0) is 9.53 Å². The van der Waals surface area contributed by atoms with E-state index in [9.17, 15) is 4.79 Å². The van der Waals surface area contributed by atoms with Crippen molar-refractivity contribution < 1.29 is 9.53 Å². The van der Waals surface area contributed by atoms with Crippen LogP contribution in [0.5, 0.6) is 0 Å². The molecule has 1 aliphatic heterocycles. The molecule has 1 aromatic rings. The van der Waals surface area contributed by atoms with Gasteiger partial charge in [-0.25, -0.2) is 4.98 Å². The third kappa shape index (κ3) is 3.57. The second kappa shape index (κ2) is 6.38. The van der Waals surface area contributed by atoms with Gasteiger partial charge in [0.15, 0.2) is 0 Å². The molecule has 104 valence electrons. The van der Waals surface area contributed by atoms with E-state index in [4.69, 9.17) is 10.5 Å². The van der Waals surface area contributed by atoms with Gasteiger partial charge in [0.2, 0.25) is 5.91 Å². The standard InChI is InChI=1S/C13H20N4O2/c1-10-2-4-15-13(12(10)14)16-5-3-11(18)17-6-8-19-9-7-17/h2,4H,3,5-9,14H2,1H3,(H,15,16). The molecule has 3 N–H and O–H groups in total. The third-order valence-corrected chi connectivity index (χ3v) is 3.20. The average Bonchev–Trinajstić information content (AvgIpc) is 2.44. The number of nitrogens with zero attached hydrogens (tertiary/aromatic N) is 2. The lowest BCUT2D eigenvalue weighted by Crippen LogP contribution is -2.41. The predicted molar refractivity (Wildman–Crippen MR) is 73.9 cm³/mol. The zero-order valence-electron chi connectivity index (χ0n) is 11.2. The number of rotatable bonds is 4. The molecule has 1 saturated heterocycles. The Hall–Kier alpha value is -1.82. The monoisotopic (exact) mass is 264 g/mol. The Morgan fingerprint density at radius 1 is 1.53 bits per heavy atom. The van der Waals surface area contributed by atoms with Crippen LogP contribution in [0.15, 0.2) is 12.3 Å². The zero-order valence-corrected chi connectivity index (χ0v) is 11.2. The number of amides is 1. The van der Waals surface area contributed by atoms with Gasteiger partial charge >= 0.3 is 0 Å². The Labute approximate surface area is 112 Å². The number of nitrogen functional groups attached to an aromatic ring is 1. The van der Waals surface area contributed by atoms with Gasteiger partial charge in [-0.05, 0) is 18.6 Å². The summed E-state index contributed by atoms with van der Waals surface area (Å²) in [5, 5.41) is 3.11. The van der Waals surface area contributed by atoms with Gasteiger partial charge in [0.05, 0.1) is 18.9 Å². The Bertz CT molecular complexity index is 444. The quantitative estimate of drug-likeness (QED) is 0.834. The number of ether oxygens (including phenoxy) is 1. The number of aryl methyl sites for hydroxylation is 1. The molecule has 19 heavy (non-hydrogen) atoms.